The Bertz CT molecular complexity index is 412. The number of nitrogens with one attached hydrogen (secondary N) is 1. The van der Waals surface area contributed by atoms with Crippen molar-refractivity contribution in [2.75, 3.05) is 0 Å². The van der Waals surface area contributed by atoms with Crippen LogP contribution in [0.1, 0.15) is 44.6 Å². The molecular formula is C16H24N2O. The molecule has 1 aliphatic carbocycles. The van der Waals surface area contributed by atoms with Gasteiger partial charge < -0.3 is 11.1 Å². The van der Waals surface area contributed by atoms with Crippen molar-refractivity contribution in [3.63, 3.8) is 0 Å². The Hall–Kier alpha value is -1.35. The van der Waals surface area contributed by atoms with E-state index in [1.54, 1.807) is 0 Å². The van der Waals surface area contributed by atoms with Crippen LogP contribution < -0.4 is 11.1 Å². The molecule has 1 aromatic rings. The highest BCUT2D eigenvalue weighted by atomic mass is 16.2. The Morgan fingerprint density at radius 1 is 1.37 bits per heavy atom. The average Bonchev–Trinajstić information content (AvgIpc) is 2.41. The van der Waals surface area contributed by atoms with Gasteiger partial charge in [-0.15, -0.1) is 0 Å². The molecule has 0 radical (unpaired) electrons. The normalized spacial score (nSPS) is 25.2. The van der Waals surface area contributed by atoms with Gasteiger partial charge in [0.1, 0.15) is 0 Å². The molecule has 0 aliphatic heterocycles. The van der Waals surface area contributed by atoms with Gasteiger partial charge in [-0.1, -0.05) is 50.6 Å². The summed E-state index contributed by atoms with van der Waals surface area (Å²) in [5.74, 6) is 0.835. The van der Waals surface area contributed by atoms with E-state index in [0.717, 1.165) is 19.3 Å². The van der Waals surface area contributed by atoms with Crippen molar-refractivity contribution >= 4 is 5.91 Å². The highest BCUT2D eigenvalue weighted by molar-refractivity contribution is 5.82. The summed E-state index contributed by atoms with van der Waals surface area (Å²) in [4.78, 5) is 12.0. The van der Waals surface area contributed by atoms with Gasteiger partial charge in [0, 0.05) is 6.04 Å². The molecule has 2 rings (SSSR count). The molecule has 2 unspecified atom stereocenters. The van der Waals surface area contributed by atoms with E-state index in [0.29, 0.717) is 12.0 Å². The number of rotatable bonds is 5. The van der Waals surface area contributed by atoms with Crippen molar-refractivity contribution in [2.24, 2.45) is 11.7 Å². The van der Waals surface area contributed by atoms with E-state index in [1.165, 1.54) is 5.56 Å². The second-order valence-electron chi connectivity index (χ2n) is 5.70. The van der Waals surface area contributed by atoms with Gasteiger partial charge >= 0.3 is 0 Å². The molecule has 0 saturated heterocycles. The van der Waals surface area contributed by atoms with E-state index >= 15 is 0 Å². The van der Waals surface area contributed by atoms with Gasteiger partial charge in [-0.3, -0.25) is 4.79 Å². The predicted octanol–water partition coefficient (Wildman–Crippen LogP) is 2.42. The molecule has 1 amide bonds. The molecule has 104 valence electrons. The molecular weight excluding hydrogens is 236 g/mol. The zero-order valence-electron chi connectivity index (χ0n) is 11.8. The monoisotopic (exact) mass is 260 g/mol. The van der Waals surface area contributed by atoms with Crippen LogP contribution in [-0.2, 0) is 4.79 Å². The zero-order chi connectivity index (χ0) is 13.8. The maximum Gasteiger partial charge on any atom is 0.237 e. The summed E-state index contributed by atoms with van der Waals surface area (Å²) >= 11 is 0. The van der Waals surface area contributed by atoms with Gasteiger partial charge in [0.25, 0.3) is 0 Å². The minimum atomic E-state index is -0.374. The number of hydrogen-bond acceptors (Lipinski definition) is 2. The van der Waals surface area contributed by atoms with E-state index in [1.807, 2.05) is 13.0 Å². The lowest BCUT2D eigenvalue weighted by Crippen LogP contribution is -2.51. The maximum absolute atomic E-state index is 12.0. The molecule has 3 heteroatoms. The third kappa shape index (κ3) is 3.35. The number of carbonyl (C=O) groups is 1. The summed E-state index contributed by atoms with van der Waals surface area (Å²) in [7, 11) is 0. The number of benzene rings is 1. The zero-order valence-corrected chi connectivity index (χ0v) is 11.8. The standard InChI is InChI=1S/C16H24N2O/c1-3-11(2)15(17)16(19)18-14-9-13(10-14)12-7-5-4-6-8-12/h4-8,11,13-15H,3,9-10,17H2,1-2H3,(H,18,19). The summed E-state index contributed by atoms with van der Waals surface area (Å²) in [6.45, 7) is 4.09. The molecule has 2 atom stereocenters. The summed E-state index contributed by atoms with van der Waals surface area (Å²) < 4.78 is 0. The lowest BCUT2D eigenvalue weighted by molar-refractivity contribution is -0.124. The highest BCUT2D eigenvalue weighted by Gasteiger charge is 2.32. The lowest BCUT2D eigenvalue weighted by atomic mass is 9.75. The van der Waals surface area contributed by atoms with Crippen molar-refractivity contribution in [3.8, 4) is 0 Å². The van der Waals surface area contributed by atoms with Crippen LogP contribution in [0.15, 0.2) is 30.3 Å². The Balaban J connectivity index is 1.77. The number of nitrogens with two attached hydrogens (primary N) is 1. The largest absolute Gasteiger partial charge is 0.352 e. The molecule has 0 bridgehead atoms. The maximum atomic E-state index is 12.0. The third-order valence-corrected chi connectivity index (χ3v) is 4.32. The van der Waals surface area contributed by atoms with Crippen LogP contribution in [0.5, 0.6) is 0 Å². The van der Waals surface area contributed by atoms with Crippen LogP contribution in [0, 0.1) is 5.92 Å². The Morgan fingerprint density at radius 2 is 2.00 bits per heavy atom. The van der Waals surface area contributed by atoms with Crippen LogP contribution in [-0.4, -0.2) is 18.0 Å². The van der Waals surface area contributed by atoms with Gasteiger partial charge in [-0.2, -0.15) is 0 Å². The number of amides is 1. The molecule has 1 saturated carbocycles. The fourth-order valence-corrected chi connectivity index (χ4v) is 2.54. The molecule has 1 aromatic carbocycles. The SMILES string of the molecule is CCC(C)C(N)C(=O)NC1CC(c2ccccc2)C1. The first-order valence-corrected chi connectivity index (χ1v) is 7.22. The quantitative estimate of drug-likeness (QED) is 0.854. The molecule has 1 aliphatic rings. The van der Waals surface area contributed by atoms with E-state index < -0.39 is 0 Å². The minimum Gasteiger partial charge on any atom is -0.352 e. The van der Waals surface area contributed by atoms with Gasteiger partial charge in [0.2, 0.25) is 5.91 Å². The van der Waals surface area contributed by atoms with Gasteiger partial charge in [-0.25, -0.2) is 0 Å². The van der Waals surface area contributed by atoms with Crippen LogP contribution >= 0.6 is 0 Å². The topological polar surface area (TPSA) is 55.1 Å². The molecule has 19 heavy (non-hydrogen) atoms. The van der Waals surface area contributed by atoms with Crippen LogP contribution in [0.4, 0.5) is 0 Å². The number of carbonyl (C=O) groups excluding carboxylic acids is 1. The highest BCUT2D eigenvalue weighted by Crippen LogP contribution is 2.36. The Morgan fingerprint density at radius 3 is 2.58 bits per heavy atom. The summed E-state index contributed by atoms with van der Waals surface area (Å²) in [5, 5.41) is 3.07. The van der Waals surface area contributed by atoms with E-state index in [4.69, 9.17) is 5.73 Å². The molecule has 1 fully saturated rings. The summed E-state index contributed by atoms with van der Waals surface area (Å²) in [6.07, 6.45) is 3.00. The average molecular weight is 260 g/mol. The Kier molecular flexibility index (Phi) is 4.59. The first kappa shape index (κ1) is 14.1. The van der Waals surface area contributed by atoms with E-state index in [2.05, 4.69) is 36.5 Å². The first-order valence-electron chi connectivity index (χ1n) is 7.22. The molecule has 0 aromatic heterocycles. The fraction of sp³-hybridized carbons (Fsp3) is 0.562. The molecule has 0 spiro atoms. The predicted molar refractivity (Wildman–Crippen MR) is 77.8 cm³/mol. The summed E-state index contributed by atoms with van der Waals surface area (Å²) in [5.41, 5.74) is 7.31. The van der Waals surface area contributed by atoms with Crippen LogP contribution in [0.2, 0.25) is 0 Å². The lowest BCUT2D eigenvalue weighted by Gasteiger charge is -2.37. The van der Waals surface area contributed by atoms with Crippen LogP contribution in [0.25, 0.3) is 0 Å². The number of hydrogen-bond donors (Lipinski definition) is 2. The Labute approximate surface area is 115 Å². The van der Waals surface area contributed by atoms with Crippen molar-refractivity contribution in [3.05, 3.63) is 35.9 Å². The first-order chi connectivity index (χ1) is 9.11. The molecule has 0 heterocycles. The van der Waals surface area contributed by atoms with Gasteiger partial charge in [0.05, 0.1) is 6.04 Å². The molecule has 3 N–H and O–H groups in total. The summed E-state index contributed by atoms with van der Waals surface area (Å²) in [6, 6.07) is 10.4. The molecule has 3 nitrogen and oxygen atoms in total. The van der Waals surface area contributed by atoms with Gasteiger partial charge in [-0.05, 0) is 30.2 Å². The van der Waals surface area contributed by atoms with Gasteiger partial charge in [0.15, 0.2) is 0 Å². The van der Waals surface area contributed by atoms with Crippen LogP contribution in [0.3, 0.4) is 0 Å². The van der Waals surface area contributed by atoms with Crippen molar-refractivity contribution < 1.29 is 4.79 Å². The second-order valence-corrected chi connectivity index (χ2v) is 5.70. The second kappa shape index (κ2) is 6.20. The third-order valence-electron chi connectivity index (χ3n) is 4.32. The van der Waals surface area contributed by atoms with Crippen molar-refractivity contribution in [1.29, 1.82) is 0 Å². The smallest absolute Gasteiger partial charge is 0.237 e. The van der Waals surface area contributed by atoms with Crippen molar-refractivity contribution in [2.45, 2.75) is 51.1 Å². The van der Waals surface area contributed by atoms with E-state index in [9.17, 15) is 4.79 Å². The van der Waals surface area contributed by atoms with Crippen molar-refractivity contribution in [1.82, 2.24) is 5.32 Å². The van der Waals surface area contributed by atoms with E-state index in [-0.39, 0.29) is 17.9 Å². The minimum absolute atomic E-state index is 0.00543. The fourth-order valence-electron chi connectivity index (χ4n) is 2.54.